The number of fused-ring (bicyclic) bond motifs is 1. The number of hydrogen-bond donors (Lipinski definition) is 1. The first-order valence-corrected chi connectivity index (χ1v) is 8.83. The van der Waals surface area contributed by atoms with Crippen LogP contribution >= 0.6 is 0 Å². The van der Waals surface area contributed by atoms with Gasteiger partial charge in [-0.05, 0) is 36.9 Å². The summed E-state index contributed by atoms with van der Waals surface area (Å²) in [7, 11) is 2.06. The van der Waals surface area contributed by atoms with E-state index in [1.807, 2.05) is 19.1 Å². The lowest BCUT2D eigenvalue weighted by Gasteiger charge is -2.16. The quantitative estimate of drug-likeness (QED) is 0.560. The highest BCUT2D eigenvalue weighted by Gasteiger charge is 2.10. The monoisotopic (exact) mass is 342 g/mol. The van der Waals surface area contributed by atoms with Crippen LogP contribution < -0.4 is 5.32 Å². The van der Waals surface area contributed by atoms with Gasteiger partial charge in [0.2, 0.25) is 0 Å². The summed E-state index contributed by atoms with van der Waals surface area (Å²) >= 11 is 0. The van der Waals surface area contributed by atoms with Gasteiger partial charge in [0.1, 0.15) is 11.6 Å². The van der Waals surface area contributed by atoms with E-state index in [1.165, 1.54) is 16.5 Å². The Morgan fingerprint density at radius 2 is 1.77 bits per heavy atom. The average Bonchev–Trinajstić information content (AvgIpc) is 3.02. The Bertz CT molecular complexity index is 1050. The summed E-state index contributed by atoms with van der Waals surface area (Å²) in [6.07, 6.45) is 2.08. The molecule has 2 aromatic carbocycles. The summed E-state index contributed by atoms with van der Waals surface area (Å²) in [5.41, 5.74) is 4.46. The van der Waals surface area contributed by atoms with Crippen molar-refractivity contribution < 1.29 is 0 Å². The van der Waals surface area contributed by atoms with E-state index in [0.717, 1.165) is 22.9 Å². The zero-order chi connectivity index (χ0) is 18.1. The van der Waals surface area contributed by atoms with Crippen molar-refractivity contribution in [1.29, 1.82) is 0 Å². The minimum atomic E-state index is 0.175. The van der Waals surface area contributed by atoms with Crippen molar-refractivity contribution in [3.05, 3.63) is 78.2 Å². The number of anilines is 1. The molecule has 0 aliphatic carbocycles. The molecule has 1 N–H and O–H groups in total. The molecule has 130 valence electrons. The largest absolute Gasteiger partial charge is 0.363 e. The molecule has 0 amide bonds. The summed E-state index contributed by atoms with van der Waals surface area (Å²) in [4.78, 5) is 9.21. The molecule has 0 bridgehead atoms. The lowest BCUT2D eigenvalue weighted by molar-refractivity contribution is 0.867. The van der Waals surface area contributed by atoms with Gasteiger partial charge in [-0.1, -0.05) is 42.5 Å². The summed E-state index contributed by atoms with van der Waals surface area (Å²) in [5, 5.41) is 4.73. The van der Waals surface area contributed by atoms with Gasteiger partial charge >= 0.3 is 0 Å². The number of nitrogens with zero attached hydrogens (tertiary/aromatic N) is 3. The third-order valence-electron chi connectivity index (χ3n) is 4.69. The molecule has 26 heavy (non-hydrogen) atoms. The second kappa shape index (κ2) is 6.64. The molecular formula is C22H22N4. The Labute approximate surface area is 153 Å². The van der Waals surface area contributed by atoms with Gasteiger partial charge in [-0.25, -0.2) is 9.97 Å². The van der Waals surface area contributed by atoms with E-state index in [4.69, 9.17) is 0 Å². The molecule has 0 spiro atoms. The molecule has 1 atom stereocenters. The van der Waals surface area contributed by atoms with E-state index in [0.29, 0.717) is 0 Å². The van der Waals surface area contributed by atoms with Crippen molar-refractivity contribution in [1.82, 2.24) is 14.5 Å². The number of aryl methyl sites for hydroxylation is 2. The molecule has 0 saturated heterocycles. The van der Waals surface area contributed by atoms with Crippen LogP contribution in [-0.4, -0.2) is 14.5 Å². The zero-order valence-corrected chi connectivity index (χ0v) is 15.3. The summed E-state index contributed by atoms with van der Waals surface area (Å²) in [5.74, 6) is 1.60. The minimum absolute atomic E-state index is 0.175. The number of hydrogen-bond acceptors (Lipinski definition) is 3. The maximum Gasteiger partial charge on any atom is 0.130 e. The van der Waals surface area contributed by atoms with E-state index in [1.54, 1.807) is 0 Å². The Balaban J connectivity index is 1.68. The van der Waals surface area contributed by atoms with Crippen LogP contribution in [0.5, 0.6) is 0 Å². The van der Waals surface area contributed by atoms with Crippen molar-refractivity contribution in [2.45, 2.75) is 19.9 Å². The van der Waals surface area contributed by atoms with Crippen LogP contribution in [0.3, 0.4) is 0 Å². The fraction of sp³-hybridized carbons (Fsp3) is 0.182. The topological polar surface area (TPSA) is 42.7 Å². The molecule has 0 radical (unpaired) electrons. The smallest absolute Gasteiger partial charge is 0.130 e. The molecule has 4 nitrogen and oxygen atoms in total. The van der Waals surface area contributed by atoms with Crippen molar-refractivity contribution in [3.8, 4) is 11.3 Å². The first kappa shape index (κ1) is 16.3. The summed E-state index contributed by atoms with van der Waals surface area (Å²) in [6, 6.07) is 21.1. The fourth-order valence-corrected chi connectivity index (χ4v) is 3.26. The van der Waals surface area contributed by atoms with Gasteiger partial charge in [-0.15, -0.1) is 0 Å². The zero-order valence-electron chi connectivity index (χ0n) is 15.3. The van der Waals surface area contributed by atoms with Gasteiger partial charge in [0, 0.05) is 36.4 Å². The standard InChI is InChI=1S/C22H22N4/c1-15(17-7-5-4-6-8-17)23-22-14-20(24-16(2)25-22)19-10-9-18-11-12-26(3)21(18)13-19/h4-15H,1-3H3,(H,23,24,25)/t15-/m0/s1. The SMILES string of the molecule is Cc1nc(N[C@@H](C)c2ccccc2)cc(-c2ccc3ccn(C)c3c2)n1. The normalized spacial score (nSPS) is 12.3. The third kappa shape index (κ3) is 3.18. The lowest BCUT2D eigenvalue weighted by atomic mass is 10.1. The second-order valence-corrected chi connectivity index (χ2v) is 6.66. The Hall–Kier alpha value is -3.14. The first-order valence-electron chi connectivity index (χ1n) is 8.83. The minimum Gasteiger partial charge on any atom is -0.363 e. The number of aromatic nitrogens is 3. The molecule has 2 aromatic heterocycles. The van der Waals surface area contributed by atoms with Crippen LogP contribution in [0.15, 0.2) is 66.9 Å². The number of nitrogens with one attached hydrogen (secondary N) is 1. The van der Waals surface area contributed by atoms with E-state index in [2.05, 4.69) is 88.6 Å². The molecule has 4 rings (SSSR count). The van der Waals surface area contributed by atoms with Crippen molar-refractivity contribution in [2.75, 3.05) is 5.32 Å². The van der Waals surface area contributed by atoms with Crippen molar-refractivity contribution in [3.63, 3.8) is 0 Å². The van der Waals surface area contributed by atoms with Crippen LogP contribution in [0.25, 0.3) is 22.2 Å². The Morgan fingerprint density at radius 3 is 2.58 bits per heavy atom. The predicted molar refractivity (Wildman–Crippen MR) is 107 cm³/mol. The maximum atomic E-state index is 4.64. The van der Waals surface area contributed by atoms with Gasteiger partial charge in [-0.2, -0.15) is 0 Å². The first-order chi connectivity index (χ1) is 12.6. The van der Waals surface area contributed by atoms with Crippen molar-refractivity contribution in [2.24, 2.45) is 7.05 Å². The average molecular weight is 342 g/mol. The molecule has 0 aliphatic heterocycles. The van der Waals surface area contributed by atoms with Gasteiger partial charge in [0.05, 0.1) is 5.69 Å². The van der Waals surface area contributed by atoms with Gasteiger partial charge in [0.25, 0.3) is 0 Å². The highest BCUT2D eigenvalue weighted by molar-refractivity contribution is 5.85. The van der Waals surface area contributed by atoms with Crippen LogP contribution in [0.4, 0.5) is 5.82 Å². The highest BCUT2D eigenvalue weighted by atomic mass is 15.0. The molecule has 0 unspecified atom stereocenters. The molecule has 0 fully saturated rings. The van der Waals surface area contributed by atoms with Gasteiger partial charge in [0.15, 0.2) is 0 Å². The molecule has 0 aliphatic rings. The van der Waals surface area contributed by atoms with E-state index >= 15 is 0 Å². The van der Waals surface area contributed by atoms with Crippen LogP contribution in [0, 0.1) is 6.92 Å². The van der Waals surface area contributed by atoms with Gasteiger partial charge in [-0.3, -0.25) is 0 Å². The molecule has 2 heterocycles. The summed E-state index contributed by atoms with van der Waals surface area (Å²) in [6.45, 7) is 4.07. The van der Waals surface area contributed by atoms with Crippen LogP contribution in [0.2, 0.25) is 0 Å². The Kier molecular flexibility index (Phi) is 4.17. The molecular weight excluding hydrogens is 320 g/mol. The summed E-state index contributed by atoms with van der Waals surface area (Å²) < 4.78 is 2.13. The number of rotatable bonds is 4. The molecule has 0 saturated carbocycles. The fourth-order valence-electron chi connectivity index (χ4n) is 3.26. The van der Waals surface area contributed by atoms with E-state index < -0.39 is 0 Å². The predicted octanol–water partition coefficient (Wildman–Crippen LogP) is 5.12. The second-order valence-electron chi connectivity index (χ2n) is 6.66. The molecule has 4 aromatic rings. The Morgan fingerprint density at radius 1 is 0.962 bits per heavy atom. The maximum absolute atomic E-state index is 4.64. The highest BCUT2D eigenvalue weighted by Crippen LogP contribution is 2.26. The third-order valence-corrected chi connectivity index (χ3v) is 4.69. The lowest BCUT2D eigenvalue weighted by Crippen LogP contribution is -2.09. The van der Waals surface area contributed by atoms with Gasteiger partial charge < -0.3 is 9.88 Å². The van der Waals surface area contributed by atoms with E-state index in [-0.39, 0.29) is 6.04 Å². The van der Waals surface area contributed by atoms with Crippen LogP contribution in [0.1, 0.15) is 24.4 Å². The number of benzene rings is 2. The van der Waals surface area contributed by atoms with Crippen LogP contribution in [-0.2, 0) is 7.05 Å². The van der Waals surface area contributed by atoms with Crippen molar-refractivity contribution >= 4 is 16.7 Å². The van der Waals surface area contributed by atoms with E-state index in [9.17, 15) is 0 Å². The molecule has 4 heteroatoms.